The Kier molecular flexibility index (Phi) is 5.84. The van der Waals surface area contributed by atoms with E-state index in [4.69, 9.17) is 5.73 Å². The quantitative estimate of drug-likeness (QED) is 0.596. The van der Waals surface area contributed by atoms with Gasteiger partial charge in [0.25, 0.3) is 5.69 Å². The Morgan fingerprint density at radius 1 is 1.33 bits per heavy atom. The van der Waals surface area contributed by atoms with Crippen molar-refractivity contribution in [2.75, 3.05) is 11.9 Å². The van der Waals surface area contributed by atoms with Gasteiger partial charge in [0.1, 0.15) is 0 Å². The van der Waals surface area contributed by atoms with Crippen molar-refractivity contribution in [3.63, 3.8) is 0 Å². The molecular formula is C15H23N3O3. The summed E-state index contributed by atoms with van der Waals surface area (Å²) in [6.07, 6.45) is 1.82. The van der Waals surface area contributed by atoms with E-state index in [2.05, 4.69) is 5.32 Å². The normalized spacial score (nSPS) is 11.2. The summed E-state index contributed by atoms with van der Waals surface area (Å²) in [5, 5.41) is 13.8. The van der Waals surface area contributed by atoms with Crippen molar-refractivity contribution in [3.8, 4) is 0 Å². The van der Waals surface area contributed by atoms with Crippen LogP contribution in [0.25, 0.3) is 0 Å². The third kappa shape index (κ3) is 3.58. The zero-order valence-electron chi connectivity index (χ0n) is 12.8. The zero-order chi connectivity index (χ0) is 16.0. The molecule has 0 aliphatic carbocycles. The maximum Gasteiger partial charge on any atom is 0.274 e. The lowest BCUT2D eigenvalue weighted by atomic mass is 9.81. The van der Waals surface area contributed by atoms with Crippen molar-refractivity contribution in [2.45, 2.75) is 40.0 Å². The van der Waals surface area contributed by atoms with Gasteiger partial charge >= 0.3 is 0 Å². The summed E-state index contributed by atoms with van der Waals surface area (Å²) in [5.41, 5.74) is 6.22. The van der Waals surface area contributed by atoms with Gasteiger partial charge in [-0.05, 0) is 25.3 Å². The number of nitrogens with one attached hydrogen (secondary N) is 1. The van der Waals surface area contributed by atoms with Crippen LogP contribution in [0.15, 0.2) is 18.2 Å². The van der Waals surface area contributed by atoms with Gasteiger partial charge in [0, 0.05) is 23.9 Å². The van der Waals surface area contributed by atoms with E-state index in [-0.39, 0.29) is 18.1 Å². The second-order valence-corrected chi connectivity index (χ2v) is 5.10. The molecule has 0 aromatic heterocycles. The summed E-state index contributed by atoms with van der Waals surface area (Å²) in [6.45, 7) is 5.94. The molecular weight excluding hydrogens is 270 g/mol. The molecule has 1 aromatic rings. The molecule has 3 N–H and O–H groups in total. The highest BCUT2D eigenvalue weighted by Gasteiger charge is 2.33. The highest BCUT2D eigenvalue weighted by atomic mass is 16.6. The highest BCUT2D eigenvalue weighted by molar-refractivity contribution is 5.95. The average Bonchev–Trinajstić information content (AvgIpc) is 2.49. The van der Waals surface area contributed by atoms with Gasteiger partial charge in [0.2, 0.25) is 5.91 Å². The van der Waals surface area contributed by atoms with E-state index in [1.807, 2.05) is 20.8 Å². The van der Waals surface area contributed by atoms with Crippen LogP contribution in [0, 0.1) is 15.5 Å². The molecule has 0 aliphatic rings. The number of nitro groups is 1. The molecule has 0 saturated heterocycles. The number of nitrogens with zero attached hydrogens (tertiary/aromatic N) is 1. The van der Waals surface area contributed by atoms with Gasteiger partial charge in [-0.25, -0.2) is 0 Å². The molecule has 116 valence electrons. The molecule has 0 bridgehead atoms. The molecule has 1 amide bonds. The van der Waals surface area contributed by atoms with E-state index >= 15 is 0 Å². The predicted molar refractivity (Wildman–Crippen MR) is 83.2 cm³/mol. The second kappa shape index (κ2) is 7.17. The van der Waals surface area contributed by atoms with Crippen LogP contribution < -0.4 is 11.1 Å². The zero-order valence-corrected chi connectivity index (χ0v) is 12.8. The monoisotopic (exact) mass is 293 g/mol. The van der Waals surface area contributed by atoms with E-state index in [1.54, 1.807) is 12.1 Å². The molecule has 0 atom stereocenters. The number of carbonyl (C=O) groups is 1. The number of aryl methyl sites for hydroxylation is 1. The summed E-state index contributed by atoms with van der Waals surface area (Å²) in [7, 11) is 0. The largest absolute Gasteiger partial charge is 0.329 e. The van der Waals surface area contributed by atoms with Crippen molar-refractivity contribution >= 4 is 17.3 Å². The molecule has 0 radical (unpaired) electrons. The SMILES string of the molecule is CCc1ccc(NC(=O)C(CC)(CC)CN)cc1[N+](=O)[O-]. The summed E-state index contributed by atoms with van der Waals surface area (Å²) in [5.74, 6) is -0.187. The predicted octanol–water partition coefficient (Wildman–Crippen LogP) is 2.86. The van der Waals surface area contributed by atoms with Crippen LogP contribution in [0.3, 0.4) is 0 Å². The van der Waals surface area contributed by atoms with Gasteiger partial charge in [-0.2, -0.15) is 0 Å². The molecule has 0 fully saturated rings. The van der Waals surface area contributed by atoms with Crippen LogP contribution in [0.5, 0.6) is 0 Å². The maximum atomic E-state index is 12.4. The average molecular weight is 293 g/mol. The standard InChI is InChI=1S/C15H23N3O3/c1-4-11-7-8-12(9-13(11)18(20)21)17-14(19)15(5-2,6-3)10-16/h7-9H,4-6,10,16H2,1-3H3,(H,17,19). The van der Waals surface area contributed by atoms with E-state index in [1.165, 1.54) is 6.07 Å². The minimum Gasteiger partial charge on any atom is -0.329 e. The molecule has 1 rings (SSSR count). The lowest BCUT2D eigenvalue weighted by Gasteiger charge is -2.28. The smallest absolute Gasteiger partial charge is 0.274 e. The molecule has 0 heterocycles. The van der Waals surface area contributed by atoms with Crippen LogP contribution in [0.2, 0.25) is 0 Å². The lowest BCUT2D eigenvalue weighted by Crippen LogP contribution is -2.41. The van der Waals surface area contributed by atoms with Crippen LogP contribution in [-0.2, 0) is 11.2 Å². The molecule has 6 nitrogen and oxygen atoms in total. The Hall–Kier alpha value is -1.95. The van der Waals surface area contributed by atoms with Crippen molar-refractivity contribution in [3.05, 3.63) is 33.9 Å². The fourth-order valence-corrected chi connectivity index (χ4v) is 2.33. The fraction of sp³-hybridized carbons (Fsp3) is 0.533. The number of nitrogens with two attached hydrogens (primary N) is 1. The number of amides is 1. The molecule has 0 aliphatic heterocycles. The third-order valence-electron chi connectivity index (χ3n) is 4.15. The van der Waals surface area contributed by atoms with Crippen molar-refractivity contribution in [1.29, 1.82) is 0 Å². The summed E-state index contributed by atoms with van der Waals surface area (Å²) >= 11 is 0. The Labute approximate surface area is 124 Å². The first kappa shape index (κ1) is 17.1. The minimum absolute atomic E-state index is 0.0293. The highest BCUT2D eigenvalue weighted by Crippen LogP contribution is 2.29. The molecule has 0 saturated carbocycles. The molecule has 6 heteroatoms. The topological polar surface area (TPSA) is 98.3 Å². The summed E-state index contributed by atoms with van der Waals surface area (Å²) < 4.78 is 0. The van der Waals surface area contributed by atoms with Crippen molar-refractivity contribution in [2.24, 2.45) is 11.1 Å². The fourth-order valence-electron chi connectivity index (χ4n) is 2.33. The Morgan fingerprint density at radius 2 is 1.95 bits per heavy atom. The molecule has 0 unspecified atom stereocenters. The van der Waals surface area contributed by atoms with E-state index in [0.29, 0.717) is 30.5 Å². The van der Waals surface area contributed by atoms with E-state index < -0.39 is 10.3 Å². The Balaban J connectivity index is 3.06. The summed E-state index contributed by atoms with van der Waals surface area (Å²) in [6, 6.07) is 4.77. The van der Waals surface area contributed by atoms with Crippen LogP contribution in [-0.4, -0.2) is 17.4 Å². The van der Waals surface area contributed by atoms with Gasteiger partial charge in [0.15, 0.2) is 0 Å². The number of hydrogen-bond acceptors (Lipinski definition) is 4. The number of hydrogen-bond donors (Lipinski definition) is 2. The third-order valence-corrected chi connectivity index (χ3v) is 4.15. The van der Waals surface area contributed by atoms with Crippen LogP contribution in [0.1, 0.15) is 39.2 Å². The number of carbonyl (C=O) groups excluding carboxylic acids is 1. The number of anilines is 1. The van der Waals surface area contributed by atoms with Crippen LogP contribution >= 0.6 is 0 Å². The van der Waals surface area contributed by atoms with Crippen molar-refractivity contribution in [1.82, 2.24) is 0 Å². The Bertz CT molecular complexity index is 517. The number of rotatable bonds is 7. The molecule has 0 spiro atoms. The van der Waals surface area contributed by atoms with Crippen LogP contribution in [0.4, 0.5) is 11.4 Å². The molecule has 21 heavy (non-hydrogen) atoms. The first-order valence-electron chi connectivity index (χ1n) is 7.22. The van der Waals surface area contributed by atoms with Gasteiger partial charge in [0.05, 0.1) is 10.3 Å². The lowest BCUT2D eigenvalue weighted by molar-refractivity contribution is -0.385. The second-order valence-electron chi connectivity index (χ2n) is 5.10. The van der Waals surface area contributed by atoms with E-state index in [9.17, 15) is 14.9 Å². The number of nitro benzene ring substituents is 1. The molecule has 1 aromatic carbocycles. The van der Waals surface area contributed by atoms with Gasteiger partial charge in [-0.15, -0.1) is 0 Å². The minimum atomic E-state index is -0.627. The first-order chi connectivity index (χ1) is 9.93. The first-order valence-corrected chi connectivity index (χ1v) is 7.22. The number of benzene rings is 1. The Morgan fingerprint density at radius 3 is 2.38 bits per heavy atom. The van der Waals surface area contributed by atoms with Gasteiger partial charge < -0.3 is 11.1 Å². The van der Waals surface area contributed by atoms with E-state index in [0.717, 1.165) is 0 Å². The maximum absolute atomic E-state index is 12.4. The summed E-state index contributed by atoms with van der Waals surface area (Å²) in [4.78, 5) is 23.0. The van der Waals surface area contributed by atoms with Gasteiger partial charge in [-0.1, -0.05) is 26.8 Å². The van der Waals surface area contributed by atoms with Gasteiger partial charge in [-0.3, -0.25) is 14.9 Å². The van der Waals surface area contributed by atoms with Crippen molar-refractivity contribution < 1.29 is 9.72 Å².